The normalized spacial score (nSPS) is 10.3. The van der Waals surface area contributed by atoms with Gasteiger partial charge in [0.1, 0.15) is 0 Å². The highest BCUT2D eigenvalue weighted by Gasteiger charge is 2.15. The monoisotopic (exact) mass is 243 g/mol. The Hall–Kier alpha value is -2.34. The molecule has 0 aliphatic heterocycles. The SMILES string of the molecule is [c]1ccccc1.c1ccc(Cc2cc3ccc2-3)cc1. The Morgan fingerprint density at radius 2 is 1.47 bits per heavy atom. The molecule has 0 heterocycles. The zero-order chi connectivity index (χ0) is 12.9. The molecule has 0 atom stereocenters. The molecule has 19 heavy (non-hydrogen) atoms. The fourth-order valence-electron chi connectivity index (χ4n) is 2.17. The third-order valence-corrected chi connectivity index (χ3v) is 3.26. The van der Waals surface area contributed by atoms with Crippen LogP contribution in [0.1, 0.15) is 11.1 Å². The largest absolute Gasteiger partial charge is 0.0622 e. The molecule has 91 valence electrons. The predicted molar refractivity (Wildman–Crippen MR) is 80.0 cm³/mol. The molecule has 0 fully saturated rings. The van der Waals surface area contributed by atoms with Gasteiger partial charge in [-0.3, -0.25) is 0 Å². The lowest BCUT2D eigenvalue weighted by Crippen LogP contribution is -2.00. The second-order valence-corrected chi connectivity index (χ2v) is 4.61. The van der Waals surface area contributed by atoms with Gasteiger partial charge in [0, 0.05) is 0 Å². The molecule has 1 radical (unpaired) electrons. The van der Waals surface area contributed by atoms with Crippen molar-refractivity contribution in [2.24, 2.45) is 0 Å². The molecule has 0 unspecified atom stereocenters. The van der Waals surface area contributed by atoms with Crippen LogP contribution < -0.4 is 0 Å². The van der Waals surface area contributed by atoms with Crippen molar-refractivity contribution in [2.75, 3.05) is 0 Å². The van der Waals surface area contributed by atoms with Gasteiger partial charge in [0.05, 0.1) is 0 Å². The van der Waals surface area contributed by atoms with Crippen LogP contribution in [-0.4, -0.2) is 0 Å². The van der Waals surface area contributed by atoms with Crippen molar-refractivity contribution in [1.82, 2.24) is 0 Å². The molecule has 0 saturated heterocycles. The summed E-state index contributed by atoms with van der Waals surface area (Å²) in [4.78, 5) is 0. The molecular formula is C19H15. The van der Waals surface area contributed by atoms with Crippen LogP contribution in [0, 0.1) is 6.07 Å². The van der Waals surface area contributed by atoms with Crippen molar-refractivity contribution in [2.45, 2.75) is 6.42 Å². The van der Waals surface area contributed by atoms with Crippen molar-refractivity contribution in [3.8, 4) is 11.1 Å². The minimum absolute atomic E-state index is 1.09. The summed E-state index contributed by atoms with van der Waals surface area (Å²) in [6, 6.07) is 29.8. The average molecular weight is 243 g/mol. The maximum absolute atomic E-state index is 2.89. The summed E-state index contributed by atoms with van der Waals surface area (Å²) in [5.41, 5.74) is 5.80. The first-order chi connectivity index (χ1) is 9.43. The van der Waals surface area contributed by atoms with Crippen molar-refractivity contribution < 1.29 is 0 Å². The number of hydrogen-bond acceptors (Lipinski definition) is 0. The quantitative estimate of drug-likeness (QED) is 0.477. The van der Waals surface area contributed by atoms with Crippen LogP contribution in [0.2, 0.25) is 0 Å². The van der Waals surface area contributed by atoms with Gasteiger partial charge in [0.15, 0.2) is 0 Å². The number of benzene rings is 3. The molecule has 0 nitrogen and oxygen atoms in total. The van der Waals surface area contributed by atoms with Gasteiger partial charge in [-0.15, -0.1) is 0 Å². The molecule has 0 heteroatoms. The van der Waals surface area contributed by atoms with E-state index in [1.807, 2.05) is 30.3 Å². The fraction of sp³-hybridized carbons (Fsp3) is 0.0526. The van der Waals surface area contributed by atoms with Crippen LogP contribution in [0.4, 0.5) is 0 Å². The Morgan fingerprint density at radius 3 is 1.89 bits per heavy atom. The minimum Gasteiger partial charge on any atom is -0.0622 e. The van der Waals surface area contributed by atoms with Crippen LogP contribution in [0.15, 0.2) is 78.9 Å². The second-order valence-electron chi connectivity index (χ2n) is 4.61. The van der Waals surface area contributed by atoms with Crippen LogP contribution in [0.3, 0.4) is 0 Å². The zero-order valence-corrected chi connectivity index (χ0v) is 10.7. The summed E-state index contributed by atoms with van der Waals surface area (Å²) in [6.45, 7) is 0. The minimum atomic E-state index is 1.09. The Kier molecular flexibility index (Phi) is 3.42. The zero-order valence-electron chi connectivity index (χ0n) is 10.7. The maximum atomic E-state index is 2.89. The van der Waals surface area contributed by atoms with E-state index in [1.165, 1.54) is 22.3 Å². The Balaban J connectivity index is 0.000000155. The van der Waals surface area contributed by atoms with E-state index >= 15 is 0 Å². The van der Waals surface area contributed by atoms with E-state index in [0.717, 1.165) is 6.42 Å². The van der Waals surface area contributed by atoms with Crippen LogP contribution in [0.5, 0.6) is 0 Å². The lowest BCUT2D eigenvalue weighted by molar-refractivity contribution is 1.17. The highest BCUT2D eigenvalue weighted by molar-refractivity contribution is 5.81. The maximum Gasteiger partial charge on any atom is -0.00194 e. The Labute approximate surface area is 114 Å². The summed E-state index contributed by atoms with van der Waals surface area (Å²) < 4.78 is 0. The first-order valence-corrected chi connectivity index (χ1v) is 6.52. The number of hydrogen-bond donors (Lipinski definition) is 0. The van der Waals surface area contributed by atoms with Gasteiger partial charge in [-0.25, -0.2) is 0 Å². The van der Waals surface area contributed by atoms with E-state index in [2.05, 4.69) is 54.6 Å². The fourth-order valence-corrected chi connectivity index (χ4v) is 2.17. The number of fused-ring (bicyclic) bond motifs is 1. The average Bonchev–Trinajstić information content (AvgIpc) is 2.47. The molecular weight excluding hydrogens is 228 g/mol. The van der Waals surface area contributed by atoms with Gasteiger partial charge < -0.3 is 0 Å². The molecule has 0 aromatic heterocycles. The van der Waals surface area contributed by atoms with Crippen LogP contribution in [0.25, 0.3) is 11.1 Å². The van der Waals surface area contributed by atoms with Gasteiger partial charge in [0.2, 0.25) is 0 Å². The van der Waals surface area contributed by atoms with Crippen molar-refractivity contribution in [3.05, 3.63) is 96.1 Å². The topological polar surface area (TPSA) is 0 Å². The Morgan fingerprint density at radius 1 is 0.737 bits per heavy atom. The summed E-state index contributed by atoms with van der Waals surface area (Å²) in [5, 5.41) is 0. The smallest absolute Gasteiger partial charge is 0.00194 e. The van der Waals surface area contributed by atoms with Gasteiger partial charge in [-0.1, -0.05) is 78.9 Å². The summed E-state index contributed by atoms with van der Waals surface area (Å²) in [5.74, 6) is 0. The third-order valence-electron chi connectivity index (χ3n) is 3.26. The van der Waals surface area contributed by atoms with Crippen molar-refractivity contribution in [1.29, 1.82) is 0 Å². The van der Waals surface area contributed by atoms with Gasteiger partial charge in [-0.05, 0) is 34.7 Å². The molecule has 2 aromatic rings. The number of rotatable bonds is 2. The van der Waals surface area contributed by atoms with Crippen LogP contribution in [-0.2, 0) is 6.42 Å². The standard InChI is InChI=1S/C13H10.C6H5/c1-2-4-10(5-3-1)8-12-9-11-6-7-13(11)12;1-2-4-6-5-3-1/h1-7,9H,8H2;1-5H. The van der Waals surface area contributed by atoms with Crippen molar-refractivity contribution in [3.63, 3.8) is 0 Å². The van der Waals surface area contributed by atoms with Gasteiger partial charge in [0.25, 0.3) is 0 Å². The van der Waals surface area contributed by atoms with Crippen molar-refractivity contribution >= 4 is 0 Å². The molecule has 0 saturated carbocycles. The predicted octanol–water partition coefficient (Wildman–Crippen LogP) is 4.74. The molecule has 0 spiro atoms. The highest BCUT2D eigenvalue weighted by Crippen LogP contribution is 2.37. The Bertz CT molecular complexity index is 606. The molecule has 2 aromatic carbocycles. The van der Waals surface area contributed by atoms with E-state index < -0.39 is 0 Å². The van der Waals surface area contributed by atoms with E-state index in [1.54, 1.807) is 0 Å². The third kappa shape index (κ3) is 2.74. The first kappa shape index (κ1) is 11.7. The second kappa shape index (κ2) is 5.53. The molecule has 2 aliphatic rings. The van der Waals surface area contributed by atoms with E-state index in [9.17, 15) is 0 Å². The van der Waals surface area contributed by atoms with E-state index in [-0.39, 0.29) is 0 Å². The first-order valence-electron chi connectivity index (χ1n) is 6.52. The molecule has 0 N–H and O–H groups in total. The lowest BCUT2D eigenvalue weighted by atomic mass is 9.84. The summed E-state index contributed by atoms with van der Waals surface area (Å²) >= 11 is 0. The summed E-state index contributed by atoms with van der Waals surface area (Å²) in [7, 11) is 0. The van der Waals surface area contributed by atoms with E-state index in [4.69, 9.17) is 0 Å². The van der Waals surface area contributed by atoms with E-state index in [0.29, 0.717) is 0 Å². The lowest BCUT2D eigenvalue weighted by Gasteiger charge is -2.20. The summed E-state index contributed by atoms with van der Waals surface area (Å²) in [6.07, 6.45) is 1.09. The van der Waals surface area contributed by atoms with Gasteiger partial charge >= 0.3 is 0 Å². The van der Waals surface area contributed by atoms with Gasteiger partial charge in [-0.2, -0.15) is 0 Å². The molecule has 0 bridgehead atoms. The van der Waals surface area contributed by atoms with Crippen LogP contribution >= 0.6 is 0 Å². The molecule has 0 amide bonds. The molecule has 2 aliphatic carbocycles. The highest BCUT2D eigenvalue weighted by atomic mass is 14.2. The molecule has 4 rings (SSSR count).